The molecule has 25 heavy (non-hydrogen) atoms. The number of halogens is 1. The normalized spacial score (nSPS) is 14.5. The lowest BCUT2D eigenvalue weighted by Gasteiger charge is -2.28. The molecular formula is C18H19BrN2O3S. The van der Waals surface area contributed by atoms with Gasteiger partial charge >= 0.3 is 0 Å². The second-order valence-corrected chi connectivity index (χ2v) is 8.45. The first-order valence-electron chi connectivity index (χ1n) is 8.08. The van der Waals surface area contributed by atoms with E-state index in [0.717, 1.165) is 16.8 Å². The zero-order valence-corrected chi connectivity index (χ0v) is 16.2. The molecule has 1 aliphatic rings. The minimum Gasteiger partial charge on any atom is -0.312 e. The van der Waals surface area contributed by atoms with Crippen LogP contribution in [-0.2, 0) is 27.8 Å². The van der Waals surface area contributed by atoms with E-state index >= 15 is 0 Å². The number of anilines is 1. The Balaban J connectivity index is 1.79. The molecular weight excluding hydrogens is 404 g/mol. The molecule has 0 saturated carbocycles. The summed E-state index contributed by atoms with van der Waals surface area (Å²) in [7, 11) is -3.60. The molecule has 132 valence electrons. The Morgan fingerprint density at radius 3 is 2.64 bits per heavy atom. The summed E-state index contributed by atoms with van der Waals surface area (Å²) in [5.74, 6) is 0.136. The number of fused-ring (bicyclic) bond motifs is 1. The molecule has 7 heteroatoms. The van der Waals surface area contributed by atoms with Crippen molar-refractivity contribution < 1.29 is 13.2 Å². The number of nitrogens with zero attached hydrogens (tertiary/aromatic N) is 1. The van der Waals surface area contributed by atoms with Crippen LogP contribution in [0.2, 0.25) is 0 Å². The van der Waals surface area contributed by atoms with Crippen molar-refractivity contribution in [3.8, 4) is 0 Å². The quantitative estimate of drug-likeness (QED) is 0.803. The van der Waals surface area contributed by atoms with Crippen molar-refractivity contribution >= 4 is 37.5 Å². The van der Waals surface area contributed by atoms with Crippen molar-refractivity contribution in [2.24, 2.45) is 0 Å². The van der Waals surface area contributed by atoms with Crippen LogP contribution in [0.3, 0.4) is 0 Å². The summed E-state index contributed by atoms with van der Waals surface area (Å²) >= 11 is 3.27. The molecule has 2 aromatic carbocycles. The van der Waals surface area contributed by atoms with Gasteiger partial charge in [0.1, 0.15) is 0 Å². The van der Waals surface area contributed by atoms with Gasteiger partial charge in [-0.2, -0.15) is 0 Å². The molecule has 0 unspecified atom stereocenters. The summed E-state index contributed by atoms with van der Waals surface area (Å²) in [6, 6.07) is 12.5. The molecule has 0 aromatic heterocycles. The van der Waals surface area contributed by atoms with Crippen LogP contribution in [0.25, 0.3) is 0 Å². The van der Waals surface area contributed by atoms with Crippen molar-refractivity contribution in [3.63, 3.8) is 0 Å². The summed E-state index contributed by atoms with van der Waals surface area (Å²) in [5, 5.41) is 0. The Hall–Kier alpha value is -1.70. The van der Waals surface area contributed by atoms with Crippen LogP contribution in [-0.4, -0.2) is 20.9 Å². The molecule has 1 aliphatic heterocycles. The molecule has 1 heterocycles. The highest BCUT2D eigenvalue weighted by Gasteiger charge is 2.23. The third kappa shape index (κ3) is 3.78. The monoisotopic (exact) mass is 422 g/mol. The van der Waals surface area contributed by atoms with E-state index in [4.69, 9.17) is 0 Å². The number of sulfonamides is 1. The van der Waals surface area contributed by atoms with Crippen LogP contribution >= 0.6 is 15.9 Å². The largest absolute Gasteiger partial charge is 0.312 e. The molecule has 5 nitrogen and oxygen atoms in total. The zero-order valence-electron chi connectivity index (χ0n) is 13.8. The Kier molecular flexibility index (Phi) is 5.27. The van der Waals surface area contributed by atoms with E-state index in [0.29, 0.717) is 23.9 Å². The van der Waals surface area contributed by atoms with Gasteiger partial charge < -0.3 is 4.90 Å². The van der Waals surface area contributed by atoms with Gasteiger partial charge in [-0.1, -0.05) is 24.3 Å². The summed E-state index contributed by atoms with van der Waals surface area (Å²) in [6.45, 7) is 2.80. The lowest BCUT2D eigenvalue weighted by Crippen LogP contribution is -2.34. The maximum atomic E-state index is 12.5. The number of carbonyl (C=O) groups excluding carboxylic acids is 1. The summed E-state index contributed by atoms with van der Waals surface area (Å²) in [5.41, 5.74) is 2.88. The minimum absolute atomic E-state index is 0.136. The number of rotatable bonds is 5. The standard InChI is InChI=1S/C18H19BrN2O3S/c1-2-21-16-9-7-13(11-14(16)8-10-18(21)22)12-20-25(23,24)17-6-4-3-5-15(17)19/h3-7,9,11,20H,2,8,10,12H2,1H3. The SMILES string of the molecule is CCN1C(=O)CCc2cc(CNS(=O)(=O)c3ccccc3Br)ccc21. The number of nitrogens with one attached hydrogen (secondary N) is 1. The van der Waals surface area contributed by atoms with Crippen LogP contribution < -0.4 is 9.62 Å². The molecule has 0 bridgehead atoms. The Bertz CT molecular complexity index is 912. The number of hydrogen-bond donors (Lipinski definition) is 1. The molecule has 1 N–H and O–H groups in total. The fourth-order valence-corrected chi connectivity index (χ4v) is 5.01. The molecule has 0 radical (unpaired) electrons. The van der Waals surface area contributed by atoms with E-state index in [9.17, 15) is 13.2 Å². The van der Waals surface area contributed by atoms with E-state index in [1.165, 1.54) is 0 Å². The van der Waals surface area contributed by atoms with Crippen molar-refractivity contribution in [1.82, 2.24) is 4.72 Å². The number of aryl methyl sites for hydroxylation is 1. The highest BCUT2D eigenvalue weighted by Crippen LogP contribution is 2.29. The predicted octanol–water partition coefficient (Wildman–Crippen LogP) is 3.23. The predicted molar refractivity (Wildman–Crippen MR) is 101 cm³/mol. The fraction of sp³-hybridized carbons (Fsp3) is 0.278. The molecule has 3 rings (SSSR count). The molecule has 0 saturated heterocycles. The Morgan fingerprint density at radius 1 is 1.16 bits per heavy atom. The van der Waals surface area contributed by atoms with Gasteiger partial charge in [0.15, 0.2) is 0 Å². The molecule has 0 spiro atoms. The van der Waals surface area contributed by atoms with E-state index in [1.807, 2.05) is 25.1 Å². The fourth-order valence-electron chi connectivity index (χ4n) is 2.99. The summed E-state index contributed by atoms with van der Waals surface area (Å²) in [4.78, 5) is 13.9. The Morgan fingerprint density at radius 2 is 1.92 bits per heavy atom. The van der Waals surface area contributed by atoms with Gasteiger partial charge in [-0.3, -0.25) is 4.79 Å². The smallest absolute Gasteiger partial charge is 0.241 e. The average molecular weight is 423 g/mol. The summed E-state index contributed by atoms with van der Waals surface area (Å²) < 4.78 is 28.1. The van der Waals surface area contributed by atoms with Gasteiger partial charge in [0.2, 0.25) is 15.9 Å². The number of benzene rings is 2. The highest BCUT2D eigenvalue weighted by molar-refractivity contribution is 9.10. The first kappa shape index (κ1) is 18.1. The van der Waals surface area contributed by atoms with Crippen molar-refractivity contribution in [2.75, 3.05) is 11.4 Å². The third-order valence-electron chi connectivity index (χ3n) is 4.25. The third-order valence-corrected chi connectivity index (χ3v) is 6.67. The second-order valence-electron chi connectivity index (χ2n) is 5.86. The van der Waals surface area contributed by atoms with Crippen LogP contribution in [0, 0.1) is 0 Å². The van der Waals surface area contributed by atoms with Crippen LogP contribution in [0.15, 0.2) is 51.8 Å². The topological polar surface area (TPSA) is 66.5 Å². The van der Waals surface area contributed by atoms with Crippen molar-refractivity contribution in [1.29, 1.82) is 0 Å². The maximum absolute atomic E-state index is 12.5. The lowest BCUT2D eigenvalue weighted by atomic mass is 9.99. The molecule has 1 amide bonds. The molecule has 2 aromatic rings. The number of hydrogen-bond acceptors (Lipinski definition) is 3. The first-order valence-corrected chi connectivity index (χ1v) is 10.4. The van der Waals surface area contributed by atoms with Crippen molar-refractivity contribution in [3.05, 3.63) is 58.1 Å². The van der Waals surface area contributed by atoms with Gasteiger partial charge in [0, 0.05) is 29.7 Å². The average Bonchev–Trinajstić information content (AvgIpc) is 2.60. The Labute approximate surface area is 156 Å². The molecule has 0 atom stereocenters. The first-order chi connectivity index (χ1) is 11.9. The highest BCUT2D eigenvalue weighted by atomic mass is 79.9. The van der Waals surface area contributed by atoms with Gasteiger partial charge in [-0.05, 0) is 58.6 Å². The van der Waals surface area contributed by atoms with E-state index in [-0.39, 0.29) is 17.3 Å². The van der Waals surface area contributed by atoms with Crippen molar-refractivity contribution in [2.45, 2.75) is 31.2 Å². The second kappa shape index (κ2) is 7.27. The summed E-state index contributed by atoms with van der Waals surface area (Å²) in [6.07, 6.45) is 1.18. The van der Waals surface area contributed by atoms with Crippen LogP contribution in [0.1, 0.15) is 24.5 Å². The number of carbonyl (C=O) groups is 1. The van der Waals surface area contributed by atoms with Gasteiger partial charge in [0.05, 0.1) is 4.90 Å². The van der Waals surface area contributed by atoms with Gasteiger partial charge in [0.25, 0.3) is 0 Å². The lowest BCUT2D eigenvalue weighted by molar-refractivity contribution is -0.118. The minimum atomic E-state index is -3.60. The molecule has 0 fully saturated rings. The van der Waals surface area contributed by atoms with E-state index < -0.39 is 10.0 Å². The molecule has 0 aliphatic carbocycles. The van der Waals surface area contributed by atoms with E-state index in [1.54, 1.807) is 29.2 Å². The van der Waals surface area contributed by atoms with Gasteiger partial charge in [-0.25, -0.2) is 13.1 Å². The van der Waals surface area contributed by atoms with Crippen LogP contribution in [0.5, 0.6) is 0 Å². The number of amides is 1. The maximum Gasteiger partial charge on any atom is 0.241 e. The van der Waals surface area contributed by atoms with Crippen LogP contribution in [0.4, 0.5) is 5.69 Å². The van der Waals surface area contributed by atoms with E-state index in [2.05, 4.69) is 20.7 Å². The van der Waals surface area contributed by atoms with Gasteiger partial charge in [-0.15, -0.1) is 0 Å². The zero-order chi connectivity index (χ0) is 18.0.